The van der Waals surface area contributed by atoms with E-state index < -0.39 is 6.04 Å². The van der Waals surface area contributed by atoms with Gasteiger partial charge in [0, 0.05) is 12.2 Å². The molecule has 0 spiro atoms. The Morgan fingerprint density at radius 1 is 1.10 bits per heavy atom. The van der Waals surface area contributed by atoms with Crippen LogP contribution in [0.1, 0.15) is 19.4 Å². The molecule has 9 heteroatoms. The van der Waals surface area contributed by atoms with Crippen molar-refractivity contribution in [3.63, 3.8) is 0 Å². The largest absolute Gasteiger partial charge is 0.351 e. The number of aromatic amines is 2. The van der Waals surface area contributed by atoms with Crippen LogP contribution >= 0.6 is 0 Å². The van der Waals surface area contributed by atoms with Crippen LogP contribution in [-0.4, -0.2) is 45.8 Å². The van der Waals surface area contributed by atoms with Gasteiger partial charge in [0.05, 0.1) is 23.6 Å². The summed E-state index contributed by atoms with van der Waals surface area (Å²) >= 11 is 0. The van der Waals surface area contributed by atoms with Crippen LogP contribution in [0.5, 0.6) is 0 Å². The van der Waals surface area contributed by atoms with Gasteiger partial charge in [-0.1, -0.05) is 19.1 Å². The second-order valence-corrected chi connectivity index (χ2v) is 6.97. The van der Waals surface area contributed by atoms with Gasteiger partial charge >= 0.3 is 5.69 Å². The van der Waals surface area contributed by atoms with E-state index in [2.05, 4.69) is 20.6 Å². The van der Waals surface area contributed by atoms with Crippen LogP contribution in [-0.2, 0) is 16.1 Å². The number of fused-ring (bicyclic) bond motifs is 1. The van der Waals surface area contributed by atoms with Crippen molar-refractivity contribution in [1.82, 2.24) is 20.2 Å². The summed E-state index contributed by atoms with van der Waals surface area (Å²) in [5, 5.41) is 5.59. The molecule has 0 aliphatic carbocycles. The number of anilines is 1. The Hall–Kier alpha value is -3.46. The molecule has 3 rings (SSSR count). The molecule has 8 nitrogen and oxygen atoms in total. The summed E-state index contributed by atoms with van der Waals surface area (Å²) in [6, 6.07) is 10.4. The highest BCUT2D eigenvalue weighted by atomic mass is 19.1. The van der Waals surface area contributed by atoms with Crippen LogP contribution in [0.25, 0.3) is 11.0 Å². The molecule has 0 bridgehead atoms. The van der Waals surface area contributed by atoms with Gasteiger partial charge in [-0.15, -0.1) is 0 Å². The van der Waals surface area contributed by atoms with E-state index in [1.54, 1.807) is 42.2 Å². The molecule has 1 aromatic heterocycles. The number of carbonyl (C=O) groups excluding carboxylic acids is 2. The van der Waals surface area contributed by atoms with Crippen LogP contribution in [0.2, 0.25) is 0 Å². The number of benzene rings is 2. The molecule has 1 atom stereocenters. The minimum absolute atomic E-state index is 0.0520. The molecule has 3 aromatic rings. The molecule has 0 fully saturated rings. The first-order valence-electron chi connectivity index (χ1n) is 9.64. The van der Waals surface area contributed by atoms with Gasteiger partial charge in [-0.3, -0.25) is 14.5 Å². The summed E-state index contributed by atoms with van der Waals surface area (Å²) in [4.78, 5) is 43.3. The number of carbonyl (C=O) groups is 2. The number of hydrogen-bond acceptors (Lipinski definition) is 4. The molecule has 1 unspecified atom stereocenters. The molecule has 158 valence electrons. The summed E-state index contributed by atoms with van der Waals surface area (Å²) in [6.07, 6.45) is 0. The SMILES string of the molecule is CCN(CC(=O)NCc1ccc(F)cc1)C(C)C(=O)Nc1ccc2[nH]c(=O)[nH]c2c1. The first-order valence-corrected chi connectivity index (χ1v) is 9.64. The number of halogens is 1. The highest BCUT2D eigenvalue weighted by molar-refractivity contribution is 5.96. The van der Waals surface area contributed by atoms with Crippen molar-refractivity contribution in [2.75, 3.05) is 18.4 Å². The zero-order chi connectivity index (χ0) is 21.7. The zero-order valence-electron chi connectivity index (χ0n) is 16.8. The second-order valence-electron chi connectivity index (χ2n) is 6.97. The van der Waals surface area contributed by atoms with Crippen molar-refractivity contribution in [2.45, 2.75) is 26.4 Å². The van der Waals surface area contributed by atoms with Gasteiger partial charge in [-0.2, -0.15) is 0 Å². The smallest absolute Gasteiger partial charge is 0.323 e. The topological polar surface area (TPSA) is 110 Å². The average molecular weight is 413 g/mol. The lowest BCUT2D eigenvalue weighted by Gasteiger charge is -2.26. The molecular weight excluding hydrogens is 389 g/mol. The van der Waals surface area contributed by atoms with E-state index in [1.807, 2.05) is 6.92 Å². The summed E-state index contributed by atoms with van der Waals surface area (Å²) < 4.78 is 13.0. The van der Waals surface area contributed by atoms with Gasteiger partial charge < -0.3 is 20.6 Å². The Balaban J connectivity index is 1.55. The van der Waals surface area contributed by atoms with Gasteiger partial charge in [-0.25, -0.2) is 9.18 Å². The highest BCUT2D eigenvalue weighted by Crippen LogP contribution is 2.15. The predicted octanol–water partition coefficient (Wildman–Crippen LogP) is 1.96. The quantitative estimate of drug-likeness (QED) is 0.452. The lowest BCUT2D eigenvalue weighted by Crippen LogP contribution is -2.46. The lowest BCUT2D eigenvalue weighted by atomic mass is 10.2. The third kappa shape index (κ3) is 5.32. The first kappa shape index (κ1) is 21.3. The first-order chi connectivity index (χ1) is 14.4. The van der Waals surface area contributed by atoms with Crippen molar-refractivity contribution in [3.05, 3.63) is 64.3 Å². The Morgan fingerprint density at radius 2 is 1.80 bits per heavy atom. The molecule has 0 aliphatic rings. The molecule has 30 heavy (non-hydrogen) atoms. The number of likely N-dealkylation sites (N-methyl/N-ethyl adjacent to an activating group) is 1. The monoisotopic (exact) mass is 413 g/mol. The number of aromatic nitrogens is 2. The number of hydrogen-bond donors (Lipinski definition) is 4. The fourth-order valence-electron chi connectivity index (χ4n) is 3.09. The van der Waals surface area contributed by atoms with Gasteiger partial charge in [0.1, 0.15) is 5.82 Å². The number of amides is 2. The third-order valence-corrected chi connectivity index (χ3v) is 4.87. The standard InChI is InChI=1S/C21H24FN5O3/c1-3-27(12-19(28)23-11-14-4-6-15(22)7-5-14)13(2)20(29)24-16-8-9-17-18(10-16)26-21(30)25-17/h4-10,13H,3,11-12H2,1-2H3,(H,23,28)(H,24,29)(H2,25,26,30). The molecular formula is C21H24FN5O3. The van der Waals surface area contributed by atoms with Crippen molar-refractivity contribution in [3.8, 4) is 0 Å². The summed E-state index contributed by atoms with van der Waals surface area (Å²) in [5.74, 6) is -0.823. The maximum atomic E-state index is 13.0. The number of nitrogens with one attached hydrogen (secondary N) is 4. The predicted molar refractivity (Wildman–Crippen MR) is 113 cm³/mol. The van der Waals surface area contributed by atoms with Crippen LogP contribution < -0.4 is 16.3 Å². The third-order valence-electron chi connectivity index (χ3n) is 4.87. The average Bonchev–Trinajstić information content (AvgIpc) is 3.10. The van der Waals surface area contributed by atoms with Gasteiger partial charge in [0.2, 0.25) is 11.8 Å². The minimum atomic E-state index is -0.549. The van der Waals surface area contributed by atoms with E-state index in [4.69, 9.17) is 0 Å². The van der Waals surface area contributed by atoms with Gasteiger partial charge in [0.15, 0.2) is 0 Å². The van der Waals surface area contributed by atoms with E-state index >= 15 is 0 Å². The normalized spacial score (nSPS) is 12.1. The maximum absolute atomic E-state index is 13.0. The summed E-state index contributed by atoms with van der Waals surface area (Å²) in [6.45, 7) is 4.43. The maximum Gasteiger partial charge on any atom is 0.323 e. The molecule has 2 aromatic carbocycles. The zero-order valence-corrected chi connectivity index (χ0v) is 16.8. The Morgan fingerprint density at radius 3 is 2.50 bits per heavy atom. The number of nitrogens with zero attached hydrogens (tertiary/aromatic N) is 1. The van der Waals surface area contributed by atoms with Crippen molar-refractivity contribution >= 4 is 28.5 Å². The number of imidazole rings is 1. The summed E-state index contributed by atoms with van der Waals surface area (Å²) in [7, 11) is 0. The molecule has 1 heterocycles. The Bertz CT molecular complexity index is 1090. The van der Waals surface area contributed by atoms with Crippen LogP contribution in [0, 0.1) is 5.82 Å². The molecule has 0 radical (unpaired) electrons. The highest BCUT2D eigenvalue weighted by Gasteiger charge is 2.22. The van der Waals surface area contributed by atoms with Crippen molar-refractivity contribution in [1.29, 1.82) is 0 Å². The molecule has 0 aliphatic heterocycles. The fraction of sp³-hybridized carbons (Fsp3) is 0.286. The van der Waals surface area contributed by atoms with Crippen LogP contribution in [0.15, 0.2) is 47.3 Å². The fourth-order valence-corrected chi connectivity index (χ4v) is 3.09. The number of rotatable bonds is 8. The van der Waals surface area contributed by atoms with E-state index in [-0.39, 0.29) is 36.4 Å². The Labute approximate surface area is 172 Å². The summed E-state index contributed by atoms with van der Waals surface area (Å²) in [5.41, 5.74) is 2.27. The second kappa shape index (κ2) is 9.36. The lowest BCUT2D eigenvalue weighted by molar-refractivity contribution is -0.125. The Kier molecular flexibility index (Phi) is 6.63. The molecule has 2 amide bonds. The van der Waals surface area contributed by atoms with E-state index in [9.17, 15) is 18.8 Å². The minimum Gasteiger partial charge on any atom is -0.351 e. The molecule has 0 saturated carbocycles. The van der Waals surface area contributed by atoms with Gasteiger partial charge in [-0.05, 0) is 49.4 Å². The van der Waals surface area contributed by atoms with E-state index in [1.165, 1.54) is 12.1 Å². The van der Waals surface area contributed by atoms with Crippen LogP contribution in [0.3, 0.4) is 0 Å². The van der Waals surface area contributed by atoms with E-state index in [0.717, 1.165) is 5.56 Å². The van der Waals surface area contributed by atoms with Gasteiger partial charge in [0.25, 0.3) is 0 Å². The van der Waals surface area contributed by atoms with Crippen LogP contribution in [0.4, 0.5) is 10.1 Å². The number of H-pyrrole nitrogens is 2. The van der Waals surface area contributed by atoms with E-state index in [0.29, 0.717) is 23.3 Å². The molecule has 4 N–H and O–H groups in total. The van der Waals surface area contributed by atoms with Crippen molar-refractivity contribution in [2.24, 2.45) is 0 Å². The molecule has 0 saturated heterocycles. The van der Waals surface area contributed by atoms with Crippen molar-refractivity contribution < 1.29 is 14.0 Å².